The van der Waals surface area contributed by atoms with Crippen molar-refractivity contribution in [1.82, 2.24) is 0 Å². The molecule has 15 heavy (non-hydrogen) atoms. The zero-order chi connectivity index (χ0) is 11.3. The highest BCUT2D eigenvalue weighted by Crippen LogP contribution is 2.24. The third-order valence-corrected chi connectivity index (χ3v) is 2.03. The molecule has 0 bridgehead atoms. The fraction of sp³-hybridized carbons (Fsp3) is 0.417. The van der Waals surface area contributed by atoms with Crippen LogP contribution in [-0.4, -0.2) is 19.5 Å². The van der Waals surface area contributed by atoms with E-state index in [1.807, 2.05) is 6.92 Å². The molecule has 0 spiro atoms. The van der Waals surface area contributed by atoms with Gasteiger partial charge in [0.1, 0.15) is 11.5 Å². The first-order chi connectivity index (χ1) is 7.19. The van der Waals surface area contributed by atoms with Gasteiger partial charge in [0.05, 0.1) is 19.3 Å². The number of carbonyl (C=O) groups is 1. The summed E-state index contributed by atoms with van der Waals surface area (Å²) in [6, 6.07) is 5.26. The minimum absolute atomic E-state index is 0.0139. The lowest BCUT2D eigenvalue weighted by Crippen LogP contribution is -2.02. The Morgan fingerprint density at radius 3 is 2.67 bits per heavy atom. The molecule has 0 saturated heterocycles. The largest absolute Gasteiger partial charge is 0.497 e. The predicted molar refractivity (Wildman–Crippen MR) is 58.8 cm³/mol. The van der Waals surface area contributed by atoms with Crippen LogP contribution in [0.1, 0.15) is 30.6 Å². The standard InChI is InChI=1S/C12H16O3/c1-4-7-15-12-6-5-10(14-3)8-11(12)9(2)13/h5-6,8H,4,7H2,1-3H3. The van der Waals surface area contributed by atoms with E-state index in [2.05, 4.69) is 0 Å². The second-order valence-electron chi connectivity index (χ2n) is 3.27. The second-order valence-corrected chi connectivity index (χ2v) is 3.27. The summed E-state index contributed by atoms with van der Waals surface area (Å²) in [5.74, 6) is 1.29. The van der Waals surface area contributed by atoms with Gasteiger partial charge in [0, 0.05) is 0 Å². The first kappa shape index (κ1) is 11.6. The van der Waals surface area contributed by atoms with E-state index in [0.29, 0.717) is 23.7 Å². The molecule has 0 radical (unpaired) electrons. The third kappa shape index (κ3) is 2.98. The number of ketones is 1. The van der Waals surface area contributed by atoms with Crippen LogP contribution in [0, 0.1) is 0 Å². The van der Waals surface area contributed by atoms with Crippen molar-refractivity contribution in [2.45, 2.75) is 20.3 Å². The van der Waals surface area contributed by atoms with E-state index in [4.69, 9.17) is 9.47 Å². The fourth-order valence-corrected chi connectivity index (χ4v) is 1.25. The molecule has 0 fully saturated rings. The maximum atomic E-state index is 11.4. The summed E-state index contributed by atoms with van der Waals surface area (Å²) in [7, 11) is 1.58. The molecule has 3 nitrogen and oxygen atoms in total. The maximum Gasteiger partial charge on any atom is 0.163 e. The van der Waals surface area contributed by atoms with Crippen LogP contribution in [0.5, 0.6) is 11.5 Å². The van der Waals surface area contributed by atoms with Crippen molar-refractivity contribution in [3.8, 4) is 11.5 Å². The van der Waals surface area contributed by atoms with Crippen LogP contribution < -0.4 is 9.47 Å². The van der Waals surface area contributed by atoms with E-state index in [0.717, 1.165) is 6.42 Å². The van der Waals surface area contributed by atoms with Crippen molar-refractivity contribution in [3.63, 3.8) is 0 Å². The van der Waals surface area contributed by atoms with Gasteiger partial charge >= 0.3 is 0 Å². The van der Waals surface area contributed by atoms with Crippen LogP contribution >= 0.6 is 0 Å². The molecule has 0 aromatic heterocycles. The van der Waals surface area contributed by atoms with Gasteiger partial charge in [-0.05, 0) is 31.5 Å². The number of hydrogen-bond donors (Lipinski definition) is 0. The van der Waals surface area contributed by atoms with Crippen molar-refractivity contribution in [1.29, 1.82) is 0 Å². The molecule has 0 heterocycles. The van der Waals surface area contributed by atoms with Gasteiger partial charge in [-0.1, -0.05) is 6.92 Å². The minimum atomic E-state index is -0.0139. The fourth-order valence-electron chi connectivity index (χ4n) is 1.25. The second kappa shape index (κ2) is 5.39. The van der Waals surface area contributed by atoms with Gasteiger partial charge in [-0.25, -0.2) is 0 Å². The molecule has 0 aliphatic carbocycles. The molecule has 0 N–H and O–H groups in total. The van der Waals surface area contributed by atoms with Gasteiger partial charge < -0.3 is 9.47 Å². The molecular formula is C12H16O3. The molecule has 0 saturated carbocycles. The minimum Gasteiger partial charge on any atom is -0.497 e. The molecule has 0 aliphatic rings. The highest BCUT2D eigenvalue weighted by Gasteiger charge is 2.09. The average Bonchev–Trinajstić information content (AvgIpc) is 2.26. The lowest BCUT2D eigenvalue weighted by molar-refractivity contribution is 0.101. The molecule has 0 unspecified atom stereocenters. The molecule has 0 aliphatic heterocycles. The summed E-state index contributed by atoms with van der Waals surface area (Å²) in [6.45, 7) is 4.16. The van der Waals surface area contributed by atoms with Crippen LogP contribution in [0.4, 0.5) is 0 Å². The first-order valence-corrected chi connectivity index (χ1v) is 5.00. The normalized spacial score (nSPS) is 9.80. The lowest BCUT2D eigenvalue weighted by Gasteiger charge is -2.10. The Morgan fingerprint density at radius 1 is 1.40 bits per heavy atom. The quantitative estimate of drug-likeness (QED) is 0.698. The zero-order valence-corrected chi connectivity index (χ0v) is 9.37. The van der Waals surface area contributed by atoms with E-state index in [-0.39, 0.29) is 5.78 Å². The van der Waals surface area contributed by atoms with Gasteiger partial charge in [0.25, 0.3) is 0 Å². The van der Waals surface area contributed by atoms with Crippen molar-refractivity contribution in [2.24, 2.45) is 0 Å². The Balaban J connectivity index is 2.98. The van der Waals surface area contributed by atoms with E-state index in [1.54, 1.807) is 25.3 Å². The number of methoxy groups -OCH3 is 1. The molecule has 82 valence electrons. The average molecular weight is 208 g/mol. The summed E-state index contributed by atoms with van der Waals surface area (Å²) >= 11 is 0. The smallest absolute Gasteiger partial charge is 0.163 e. The van der Waals surface area contributed by atoms with E-state index < -0.39 is 0 Å². The van der Waals surface area contributed by atoms with Crippen LogP contribution in [0.25, 0.3) is 0 Å². The SMILES string of the molecule is CCCOc1ccc(OC)cc1C(C)=O. The Bertz CT molecular complexity index is 345. The number of benzene rings is 1. The summed E-state index contributed by atoms with van der Waals surface area (Å²) in [5, 5.41) is 0. The highest BCUT2D eigenvalue weighted by molar-refractivity contribution is 5.97. The molecule has 0 atom stereocenters. The summed E-state index contributed by atoms with van der Waals surface area (Å²) < 4.78 is 10.5. The number of ether oxygens (including phenoxy) is 2. The van der Waals surface area contributed by atoms with Crippen LogP contribution in [-0.2, 0) is 0 Å². The number of hydrogen-bond acceptors (Lipinski definition) is 3. The first-order valence-electron chi connectivity index (χ1n) is 5.00. The number of carbonyl (C=O) groups excluding carboxylic acids is 1. The van der Waals surface area contributed by atoms with Gasteiger partial charge in [-0.3, -0.25) is 4.79 Å². The molecule has 1 rings (SSSR count). The van der Waals surface area contributed by atoms with Gasteiger partial charge in [0.15, 0.2) is 5.78 Å². The Morgan fingerprint density at radius 2 is 2.13 bits per heavy atom. The van der Waals surface area contributed by atoms with Gasteiger partial charge in [-0.15, -0.1) is 0 Å². The summed E-state index contributed by atoms with van der Waals surface area (Å²) in [6.07, 6.45) is 0.920. The van der Waals surface area contributed by atoms with Crippen molar-refractivity contribution in [3.05, 3.63) is 23.8 Å². The summed E-state index contributed by atoms with van der Waals surface area (Å²) in [5.41, 5.74) is 0.572. The van der Waals surface area contributed by atoms with Gasteiger partial charge in [0.2, 0.25) is 0 Å². The number of rotatable bonds is 5. The molecule has 1 aromatic rings. The van der Waals surface area contributed by atoms with E-state index in [1.165, 1.54) is 6.92 Å². The van der Waals surface area contributed by atoms with Crippen molar-refractivity contribution < 1.29 is 14.3 Å². The van der Waals surface area contributed by atoms with Crippen LogP contribution in [0.2, 0.25) is 0 Å². The monoisotopic (exact) mass is 208 g/mol. The lowest BCUT2D eigenvalue weighted by atomic mass is 10.1. The van der Waals surface area contributed by atoms with E-state index >= 15 is 0 Å². The zero-order valence-electron chi connectivity index (χ0n) is 9.37. The van der Waals surface area contributed by atoms with Crippen LogP contribution in [0.3, 0.4) is 0 Å². The van der Waals surface area contributed by atoms with Gasteiger partial charge in [-0.2, -0.15) is 0 Å². The predicted octanol–water partition coefficient (Wildman–Crippen LogP) is 2.69. The molecular weight excluding hydrogens is 192 g/mol. The third-order valence-electron chi connectivity index (χ3n) is 2.03. The number of Topliss-reactive ketones (excluding diaryl/α,β-unsaturated/α-hetero) is 1. The van der Waals surface area contributed by atoms with E-state index in [9.17, 15) is 4.79 Å². The molecule has 1 aromatic carbocycles. The maximum absolute atomic E-state index is 11.4. The van der Waals surface area contributed by atoms with Crippen LogP contribution in [0.15, 0.2) is 18.2 Å². The van der Waals surface area contributed by atoms with Crippen molar-refractivity contribution in [2.75, 3.05) is 13.7 Å². The Kier molecular flexibility index (Phi) is 4.16. The summed E-state index contributed by atoms with van der Waals surface area (Å²) in [4.78, 5) is 11.4. The Labute approximate surface area is 90.0 Å². The topological polar surface area (TPSA) is 35.5 Å². The molecule has 3 heteroatoms. The van der Waals surface area contributed by atoms with Crippen molar-refractivity contribution >= 4 is 5.78 Å². The molecule has 0 amide bonds. The highest BCUT2D eigenvalue weighted by atomic mass is 16.5. The Hall–Kier alpha value is -1.51.